The second-order valence-corrected chi connectivity index (χ2v) is 24.6. The van der Waals surface area contributed by atoms with Gasteiger partial charge in [-0.3, -0.25) is 25.1 Å². The highest BCUT2D eigenvalue weighted by atomic mass is 16.6. The van der Waals surface area contributed by atoms with Crippen molar-refractivity contribution in [3.05, 3.63) is 79.9 Å². The van der Waals surface area contributed by atoms with E-state index in [-0.39, 0.29) is 42.6 Å². The highest BCUT2D eigenvalue weighted by Gasteiger charge is 2.31. The summed E-state index contributed by atoms with van der Waals surface area (Å²) in [7, 11) is 0. The highest BCUT2D eigenvalue weighted by molar-refractivity contribution is 5.71. The number of amides is 5. The number of hydrogen-bond donors (Lipinski definition) is 2. The topological polar surface area (TPSA) is 275 Å². The Morgan fingerprint density at radius 1 is 0.512 bits per heavy atom. The second-order valence-electron chi connectivity index (χ2n) is 24.6. The summed E-state index contributed by atoms with van der Waals surface area (Å²) in [6.45, 7) is 34.7. The van der Waals surface area contributed by atoms with Crippen molar-refractivity contribution in [3.8, 4) is 0 Å². The normalized spacial score (nSPS) is 16.0. The Labute approximate surface area is 472 Å². The van der Waals surface area contributed by atoms with Crippen molar-refractivity contribution in [1.82, 2.24) is 35.1 Å². The maximum absolute atomic E-state index is 13.0. The molecule has 450 valence electrons. The van der Waals surface area contributed by atoms with Crippen LogP contribution >= 0.6 is 0 Å². The van der Waals surface area contributed by atoms with Gasteiger partial charge in [-0.15, -0.1) is 0 Å². The lowest BCUT2D eigenvalue weighted by atomic mass is 10.0. The van der Waals surface area contributed by atoms with Gasteiger partial charge in [0.25, 0.3) is 11.4 Å². The number of ether oxygens (including phenoxy) is 5. The Morgan fingerprint density at radius 2 is 0.812 bits per heavy atom. The minimum absolute atomic E-state index is 0.0233. The summed E-state index contributed by atoms with van der Waals surface area (Å²) in [5, 5.41) is 27.6. The van der Waals surface area contributed by atoms with Crippen molar-refractivity contribution >= 4 is 48.1 Å². The van der Waals surface area contributed by atoms with Crippen LogP contribution in [0.3, 0.4) is 0 Å². The van der Waals surface area contributed by atoms with Crippen LogP contribution in [0, 0.1) is 26.1 Å². The fourth-order valence-electron chi connectivity index (χ4n) is 7.50. The van der Waals surface area contributed by atoms with Crippen LogP contribution in [0.2, 0.25) is 0 Å². The molecule has 0 radical (unpaired) electrons. The van der Waals surface area contributed by atoms with Gasteiger partial charge >= 0.3 is 30.5 Å². The number of non-ortho nitro benzene ring substituents is 2. The largest absolute Gasteiger partial charge is 0.444 e. The number of nitro groups is 2. The maximum atomic E-state index is 13.0. The Bertz CT molecular complexity index is 2240. The highest BCUT2D eigenvalue weighted by Crippen LogP contribution is 2.19. The number of nitrogens with one attached hydrogen (secondary N) is 2. The second kappa shape index (κ2) is 31.2. The number of nitro benzene ring substituents is 2. The number of carbonyl (C=O) groups is 6. The summed E-state index contributed by atoms with van der Waals surface area (Å²) in [5.74, 6) is -0.0449. The molecule has 2 fully saturated rings. The summed E-state index contributed by atoms with van der Waals surface area (Å²) in [5.41, 5.74) is -1.36. The van der Waals surface area contributed by atoms with Gasteiger partial charge < -0.3 is 58.7 Å². The summed E-state index contributed by atoms with van der Waals surface area (Å²) in [6.07, 6.45) is -0.381. The Morgan fingerprint density at radius 3 is 1.11 bits per heavy atom. The number of alkyl carbamates (subject to hydrolysis) is 1. The van der Waals surface area contributed by atoms with Crippen LogP contribution in [0.25, 0.3) is 0 Å². The molecule has 24 nitrogen and oxygen atoms in total. The van der Waals surface area contributed by atoms with E-state index in [1.165, 1.54) is 24.3 Å². The molecule has 2 N–H and O–H groups in total. The molecule has 0 aliphatic carbocycles. The summed E-state index contributed by atoms with van der Waals surface area (Å²) in [6, 6.07) is 12.0. The van der Waals surface area contributed by atoms with E-state index in [1.807, 2.05) is 48.5 Å². The zero-order valence-corrected chi connectivity index (χ0v) is 50.2. The average molecular weight is 1130 g/mol. The van der Waals surface area contributed by atoms with Gasteiger partial charge in [0, 0.05) is 121 Å². The molecule has 0 spiro atoms. The lowest BCUT2D eigenvalue weighted by molar-refractivity contribution is -0.385. The Hall–Kier alpha value is -6.82. The first kappa shape index (κ1) is 69.3. The summed E-state index contributed by atoms with van der Waals surface area (Å²) >= 11 is 0. The third kappa shape index (κ3) is 30.0. The van der Waals surface area contributed by atoms with Gasteiger partial charge in [0.2, 0.25) is 0 Å². The molecule has 0 aromatic heterocycles. The SMILES string of the molecule is CC(C)(C)OC(=O)N1CCNCCN(C(=O)OC(C)(C)C)CC1.CC(C)(C)OC(=O)NC(Cc1ccc([N+](=O)[O-])cc1)CN1CCN(C(=O)OC(C)(C)C)CCN(C(=O)OC(C)(C)C)CC1.CC(C=O)Cc1ccc([N+](=O)[O-])cc1. The van der Waals surface area contributed by atoms with Crippen LogP contribution in [-0.4, -0.2) is 190 Å². The van der Waals surface area contributed by atoms with E-state index in [4.69, 9.17) is 23.7 Å². The molecule has 4 rings (SSSR count). The molecule has 80 heavy (non-hydrogen) atoms. The predicted molar refractivity (Wildman–Crippen MR) is 303 cm³/mol. The molecule has 0 bridgehead atoms. The number of nitrogens with zero attached hydrogens (tertiary/aromatic N) is 7. The van der Waals surface area contributed by atoms with Crippen LogP contribution in [0.5, 0.6) is 0 Å². The van der Waals surface area contributed by atoms with E-state index in [9.17, 15) is 49.0 Å². The predicted octanol–water partition coefficient (Wildman–Crippen LogP) is 8.86. The van der Waals surface area contributed by atoms with Crippen LogP contribution in [-0.2, 0) is 41.3 Å². The van der Waals surface area contributed by atoms with Gasteiger partial charge in [0.1, 0.15) is 34.3 Å². The quantitative estimate of drug-likeness (QED) is 0.0972. The van der Waals surface area contributed by atoms with E-state index in [1.54, 1.807) is 106 Å². The van der Waals surface area contributed by atoms with E-state index in [0.29, 0.717) is 84.8 Å². The molecule has 2 unspecified atom stereocenters. The van der Waals surface area contributed by atoms with Crippen LogP contribution in [0.1, 0.15) is 122 Å². The lowest BCUT2D eigenvalue weighted by Gasteiger charge is -2.31. The molecular weight excluding hydrogens is 1040 g/mol. The zero-order chi connectivity index (χ0) is 60.8. The Balaban J connectivity index is 0.000000487. The first-order chi connectivity index (χ1) is 36.8. The van der Waals surface area contributed by atoms with Crippen molar-refractivity contribution in [3.63, 3.8) is 0 Å². The standard InChI is InChI=1S/C30H49N5O8.C16H31N3O4.C10H11NO3/c1-28(2,3)41-25(36)31-23(20-22-10-12-24(13-11-22)35(39)40)21-32-14-16-33(26(37)42-29(4,5)6)18-19-34(17-15-32)27(38)43-30(7,8)9;1-15(2,3)22-13(20)18-9-7-17-8-10-19(12-11-18)14(21)23-16(4,5)6;1-8(7-12)6-9-2-4-10(5-3-9)11(13)14/h10-13,23H,14-21H2,1-9H3,(H,31,36);17H,7-12H2,1-6H3;2-5,7-8H,6H2,1H3. The van der Waals surface area contributed by atoms with Crippen molar-refractivity contribution in [2.45, 2.75) is 158 Å². The number of carbonyl (C=O) groups excluding carboxylic acids is 6. The average Bonchev–Trinajstić information content (AvgIpc) is 3.50. The molecule has 2 aromatic rings. The van der Waals surface area contributed by atoms with Gasteiger partial charge in [-0.25, -0.2) is 24.0 Å². The number of rotatable bonds is 10. The van der Waals surface area contributed by atoms with E-state index in [0.717, 1.165) is 17.4 Å². The van der Waals surface area contributed by atoms with E-state index in [2.05, 4.69) is 15.5 Å². The van der Waals surface area contributed by atoms with Crippen LogP contribution in [0.4, 0.5) is 35.3 Å². The van der Waals surface area contributed by atoms with Crippen LogP contribution < -0.4 is 10.6 Å². The van der Waals surface area contributed by atoms with Gasteiger partial charge in [-0.2, -0.15) is 0 Å². The monoisotopic (exact) mass is 1130 g/mol. The van der Waals surface area contributed by atoms with Crippen molar-refractivity contribution in [1.29, 1.82) is 0 Å². The molecule has 2 saturated heterocycles. The van der Waals surface area contributed by atoms with E-state index < -0.39 is 62.2 Å². The van der Waals surface area contributed by atoms with Gasteiger partial charge in [-0.1, -0.05) is 31.2 Å². The van der Waals surface area contributed by atoms with Crippen molar-refractivity contribution < 1.29 is 62.3 Å². The molecule has 2 aliphatic rings. The summed E-state index contributed by atoms with van der Waals surface area (Å²) in [4.78, 5) is 103. The first-order valence-corrected chi connectivity index (χ1v) is 27.1. The third-order valence-corrected chi connectivity index (χ3v) is 11.1. The Kier molecular flexibility index (Phi) is 27.1. The van der Waals surface area contributed by atoms with Gasteiger partial charge in [0.15, 0.2) is 0 Å². The number of benzene rings is 2. The molecule has 2 aliphatic heterocycles. The van der Waals surface area contributed by atoms with Crippen LogP contribution in [0.15, 0.2) is 48.5 Å². The van der Waals surface area contributed by atoms with E-state index >= 15 is 0 Å². The maximum Gasteiger partial charge on any atom is 0.410 e. The van der Waals surface area contributed by atoms with Crippen molar-refractivity contribution in [2.75, 3.05) is 85.1 Å². The molecule has 0 saturated carbocycles. The molecule has 2 aromatic carbocycles. The summed E-state index contributed by atoms with van der Waals surface area (Å²) < 4.78 is 27.6. The molecule has 24 heteroatoms. The first-order valence-electron chi connectivity index (χ1n) is 27.1. The molecule has 5 amide bonds. The molecule has 2 heterocycles. The fraction of sp³-hybridized carbons (Fsp3) is 0.679. The fourth-order valence-corrected chi connectivity index (χ4v) is 7.50. The van der Waals surface area contributed by atoms with Gasteiger partial charge in [0.05, 0.1) is 9.85 Å². The molecule has 2 atom stereocenters. The zero-order valence-electron chi connectivity index (χ0n) is 50.2. The minimum atomic E-state index is -0.706. The van der Waals surface area contributed by atoms with Crippen molar-refractivity contribution in [2.24, 2.45) is 5.92 Å². The molecular formula is C56H91N9O15. The number of aldehydes is 1. The smallest absolute Gasteiger partial charge is 0.410 e. The van der Waals surface area contributed by atoms with Gasteiger partial charge in [-0.05, 0) is 128 Å². The number of hydrogen-bond acceptors (Lipinski definition) is 17. The lowest BCUT2D eigenvalue weighted by Crippen LogP contribution is -2.49. The minimum Gasteiger partial charge on any atom is -0.444 e. The third-order valence-electron chi connectivity index (χ3n) is 11.1.